The molecule has 0 aliphatic carbocycles. The molecule has 3 heteroatoms. The fourth-order valence-electron chi connectivity index (χ4n) is 1.51. The Labute approximate surface area is 105 Å². The molecule has 3 nitrogen and oxygen atoms in total. The highest BCUT2D eigenvalue weighted by Gasteiger charge is 2.02. The smallest absolute Gasteiger partial charge is 0.258 e. The number of hydrogen-bond donors (Lipinski definition) is 0. The highest BCUT2D eigenvalue weighted by Crippen LogP contribution is 2.11. The Morgan fingerprint density at radius 1 is 1.00 bits per heavy atom. The number of non-ortho nitro benzene ring substituents is 1. The van der Waals surface area contributed by atoms with Gasteiger partial charge in [0.25, 0.3) is 5.69 Å². The van der Waals surface area contributed by atoms with Crippen LogP contribution in [-0.4, -0.2) is 4.92 Å². The van der Waals surface area contributed by atoms with Gasteiger partial charge in [-0.05, 0) is 17.7 Å². The normalized spacial score (nSPS) is 9.33. The second kappa shape index (κ2) is 5.65. The summed E-state index contributed by atoms with van der Waals surface area (Å²) in [5.41, 5.74) is 2.05. The van der Waals surface area contributed by atoms with Crippen molar-refractivity contribution < 1.29 is 4.92 Å². The van der Waals surface area contributed by atoms with Gasteiger partial charge in [0.1, 0.15) is 0 Å². The van der Waals surface area contributed by atoms with E-state index in [9.17, 15) is 10.1 Å². The highest BCUT2D eigenvalue weighted by atomic mass is 16.6. The molecule has 0 unspecified atom stereocenters. The minimum atomic E-state index is -0.403. The maximum absolute atomic E-state index is 10.5. The highest BCUT2D eigenvalue weighted by molar-refractivity contribution is 5.37. The molecular weight excluding hydrogens is 226 g/mol. The second-order valence-corrected chi connectivity index (χ2v) is 3.77. The fraction of sp³-hybridized carbons (Fsp3) is 0.0667. The van der Waals surface area contributed by atoms with Crippen molar-refractivity contribution in [3.63, 3.8) is 0 Å². The maximum atomic E-state index is 10.5. The lowest BCUT2D eigenvalue weighted by Gasteiger charge is -1.94. The van der Waals surface area contributed by atoms with E-state index in [0.717, 1.165) is 11.1 Å². The summed E-state index contributed by atoms with van der Waals surface area (Å²) >= 11 is 0. The minimum absolute atomic E-state index is 0.106. The lowest BCUT2D eigenvalue weighted by molar-refractivity contribution is -0.384. The summed E-state index contributed by atoms with van der Waals surface area (Å²) in [6.45, 7) is 0. The van der Waals surface area contributed by atoms with Crippen molar-refractivity contribution in [1.29, 1.82) is 0 Å². The lowest BCUT2D eigenvalue weighted by Crippen LogP contribution is -1.88. The third-order valence-electron chi connectivity index (χ3n) is 2.45. The van der Waals surface area contributed by atoms with Crippen molar-refractivity contribution >= 4 is 5.69 Å². The third kappa shape index (κ3) is 3.19. The first-order valence-electron chi connectivity index (χ1n) is 5.53. The summed E-state index contributed by atoms with van der Waals surface area (Å²) in [5, 5.41) is 10.5. The lowest BCUT2D eigenvalue weighted by atomic mass is 10.1. The first-order valence-corrected chi connectivity index (χ1v) is 5.53. The van der Waals surface area contributed by atoms with Crippen molar-refractivity contribution in [2.45, 2.75) is 6.42 Å². The van der Waals surface area contributed by atoms with Crippen LogP contribution in [0.25, 0.3) is 0 Å². The molecule has 18 heavy (non-hydrogen) atoms. The molecule has 0 amide bonds. The van der Waals surface area contributed by atoms with Crippen molar-refractivity contribution in [2.75, 3.05) is 0 Å². The van der Waals surface area contributed by atoms with E-state index in [1.165, 1.54) is 12.1 Å². The van der Waals surface area contributed by atoms with Gasteiger partial charge in [0.2, 0.25) is 0 Å². The average molecular weight is 237 g/mol. The number of hydrogen-bond acceptors (Lipinski definition) is 2. The fourth-order valence-corrected chi connectivity index (χ4v) is 1.51. The van der Waals surface area contributed by atoms with Crippen LogP contribution in [0.4, 0.5) is 5.69 Å². The zero-order valence-corrected chi connectivity index (χ0v) is 9.67. The van der Waals surface area contributed by atoms with E-state index >= 15 is 0 Å². The molecule has 0 fully saturated rings. The summed E-state index contributed by atoms with van der Waals surface area (Å²) in [5.74, 6) is 6.09. The Morgan fingerprint density at radius 2 is 1.67 bits per heavy atom. The van der Waals surface area contributed by atoms with Gasteiger partial charge in [-0.2, -0.15) is 0 Å². The van der Waals surface area contributed by atoms with Gasteiger partial charge in [-0.1, -0.05) is 42.2 Å². The first kappa shape index (κ1) is 11.9. The van der Waals surface area contributed by atoms with Crippen LogP contribution >= 0.6 is 0 Å². The largest absolute Gasteiger partial charge is 0.269 e. The van der Waals surface area contributed by atoms with Crippen LogP contribution in [0.15, 0.2) is 54.6 Å². The molecule has 0 aliphatic heterocycles. The molecule has 2 rings (SSSR count). The van der Waals surface area contributed by atoms with Crippen LogP contribution in [-0.2, 0) is 6.42 Å². The SMILES string of the molecule is O=[N+]([O-])c1ccc(CC#Cc2ccccc2)cc1. The second-order valence-electron chi connectivity index (χ2n) is 3.77. The third-order valence-corrected chi connectivity index (χ3v) is 2.45. The van der Waals surface area contributed by atoms with Crippen molar-refractivity contribution in [3.8, 4) is 11.8 Å². The number of benzene rings is 2. The van der Waals surface area contributed by atoms with Gasteiger partial charge in [0.05, 0.1) is 4.92 Å². The molecule has 88 valence electrons. The first-order chi connectivity index (χ1) is 8.75. The average Bonchev–Trinajstić information content (AvgIpc) is 2.40. The predicted octanol–water partition coefficient (Wildman–Crippen LogP) is 3.19. The summed E-state index contributed by atoms with van der Waals surface area (Å²) in [6.07, 6.45) is 0.590. The number of nitro groups is 1. The summed E-state index contributed by atoms with van der Waals surface area (Å²) in [6, 6.07) is 16.2. The van der Waals surface area contributed by atoms with Crippen LogP contribution in [0, 0.1) is 22.0 Å². The standard InChI is InChI=1S/C15H11NO2/c17-16(18)15-11-9-14(10-12-15)8-4-7-13-5-2-1-3-6-13/h1-3,5-6,9-12H,8H2. The molecule has 0 aromatic heterocycles. The molecule has 2 aromatic carbocycles. The van der Waals surface area contributed by atoms with Crippen molar-refractivity contribution in [2.24, 2.45) is 0 Å². The molecule has 2 aromatic rings. The van der Waals surface area contributed by atoms with Crippen LogP contribution < -0.4 is 0 Å². The van der Waals surface area contributed by atoms with Gasteiger partial charge in [-0.25, -0.2) is 0 Å². The molecule has 0 N–H and O–H groups in total. The van der Waals surface area contributed by atoms with Crippen LogP contribution in [0.5, 0.6) is 0 Å². The summed E-state index contributed by atoms with van der Waals surface area (Å²) in [4.78, 5) is 10.1. The summed E-state index contributed by atoms with van der Waals surface area (Å²) < 4.78 is 0. The van der Waals surface area contributed by atoms with E-state index in [-0.39, 0.29) is 5.69 Å². The Hall–Kier alpha value is -2.60. The number of nitrogens with zero attached hydrogens (tertiary/aromatic N) is 1. The van der Waals surface area contributed by atoms with Crippen molar-refractivity contribution in [1.82, 2.24) is 0 Å². The van der Waals surface area contributed by atoms with E-state index in [1.807, 2.05) is 30.3 Å². The van der Waals surface area contributed by atoms with E-state index in [0.29, 0.717) is 6.42 Å². The molecule has 0 saturated heterocycles. The van der Waals surface area contributed by atoms with E-state index in [1.54, 1.807) is 12.1 Å². The van der Waals surface area contributed by atoms with E-state index in [2.05, 4.69) is 11.8 Å². The zero-order valence-electron chi connectivity index (χ0n) is 9.67. The van der Waals surface area contributed by atoms with Gasteiger partial charge >= 0.3 is 0 Å². The topological polar surface area (TPSA) is 43.1 Å². The zero-order chi connectivity index (χ0) is 12.8. The molecule has 0 aliphatic rings. The maximum Gasteiger partial charge on any atom is 0.269 e. The summed E-state index contributed by atoms with van der Waals surface area (Å²) in [7, 11) is 0. The minimum Gasteiger partial charge on any atom is -0.258 e. The number of nitro benzene ring substituents is 1. The monoisotopic (exact) mass is 237 g/mol. The molecule has 0 bridgehead atoms. The van der Waals surface area contributed by atoms with Crippen molar-refractivity contribution in [3.05, 3.63) is 75.8 Å². The molecule has 0 spiro atoms. The number of rotatable bonds is 2. The van der Waals surface area contributed by atoms with Gasteiger partial charge < -0.3 is 0 Å². The predicted molar refractivity (Wildman–Crippen MR) is 70.1 cm³/mol. The van der Waals surface area contributed by atoms with Gasteiger partial charge in [-0.3, -0.25) is 10.1 Å². The molecule has 0 saturated carbocycles. The van der Waals surface area contributed by atoms with E-state index in [4.69, 9.17) is 0 Å². The van der Waals surface area contributed by atoms with Crippen LogP contribution in [0.1, 0.15) is 11.1 Å². The molecule has 0 heterocycles. The molecule has 0 atom stereocenters. The van der Waals surface area contributed by atoms with Gasteiger partial charge in [0.15, 0.2) is 0 Å². The Morgan fingerprint density at radius 3 is 2.28 bits per heavy atom. The van der Waals surface area contributed by atoms with Gasteiger partial charge in [-0.15, -0.1) is 0 Å². The van der Waals surface area contributed by atoms with Crippen LogP contribution in [0.3, 0.4) is 0 Å². The Balaban J connectivity index is 2.03. The van der Waals surface area contributed by atoms with Crippen LogP contribution in [0.2, 0.25) is 0 Å². The molecular formula is C15H11NO2. The molecule has 0 radical (unpaired) electrons. The quantitative estimate of drug-likeness (QED) is 0.457. The Bertz CT molecular complexity index is 592. The Kier molecular flexibility index (Phi) is 3.72. The van der Waals surface area contributed by atoms with E-state index < -0.39 is 4.92 Å². The van der Waals surface area contributed by atoms with Gasteiger partial charge in [0, 0.05) is 24.1 Å².